The molecule has 40 heavy (non-hydrogen) atoms. The Kier molecular flexibility index (Phi) is 8.37. The lowest BCUT2D eigenvalue weighted by molar-refractivity contribution is -0.136. The molecule has 0 unspecified atom stereocenters. The summed E-state index contributed by atoms with van der Waals surface area (Å²) in [6.07, 6.45) is 2.80. The Morgan fingerprint density at radius 3 is 2.55 bits per heavy atom. The van der Waals surface area contributed by atoms with E-state index in [1.165, 1.54) is 24.6 Å². The van der Waals surface area contributed by atoms with Crippen LogP contribution in [0, 0.1) is 6.92 Å². The number of thiophene rings is 1. The molecule has 1 fully saturated rings. The molecule has 2 aromatic heterocycles. The number of aryl methyl sites for hydroxylation is 1. The highest BCUT2D eigenvalue weighted by molar-refractivity contribution is 7.17. The van der Waals surface area contributed by atoms with Crippen molar-refractivity contribution >= 4 is 56.3 Å². The van der Waals surface area contributed by atoms with E-state index in [2.05, 4.69) is 20.9 Å². The van der Waals surface area contributed by atoms with Crippen LogP contribution in [0.15, 0.2) is 66.2 Å². The van der Waals surface area contributed by atoms with Gasteiger partial charge in [0, 0.05) is 53.6 Å². The normalized spacial score (nSPS) is 13.7. The fourth-order valence-corrected chi connectivity index (χ4v) is 5.67. The molecule has 1 aliphatic rings. The number of hydrogen-bond acceptors (Lipinski definition) is 7. The molecule has 9 nitrogen and oxygen atoms in total. The summed E-state index contributed by atoms with van der Waals surface area (Å²) in [5.41, 5.74) is 3.16. The number of hydrogen-bond donors (Lipinski definition) is 3. The van der Waals surface area contributed by atoms with Crippen LogP contribution in [0.4, 0.5) is 17.2 Å². The number of piperidine rings is 1. The van der Waals surface area contributed by atoms with Gasteiger partial charge in [-0.1, -0.05) is 36.4 Å². The minimum absolute atomic E-state index is 0.0491. The van der Waals surface area contributed by atoms with Crippen LogP contribution < -0.4 is 16.0 Å². The van der Waals surface area contributed by atoms with Gasteiger partial charge in [0.05, 0.1) is 16.8 Å². The summed E-state index contributed by atoms with van der Waals surface area (Å²) in [5.74, 6) is -0.179. The number of carbonyl (C=O) groups excluding carboxylic acids is 3. The quantitative estimate of drug-likeness (QED) is 0.282. The molecule has 1 saturated heterocycles. The minimum Gasteiger partial charge on any atom is -0.375 e. The fraction of sp³-hybridized carbons (Fsp3) is 0.267. The maximum absolute atomic E-state index is 13.4. The summed E-state index contributed by atoms with van der Waals surface area (Å²) >= 11 is 1.51. The molecule has 3 heterocycles. The van der Waals surface area contributed by atoms with Gasteiger partial charge in [0.2, 0.25) is 5.91 Å². The van der Waals surface area contributed by atoms with E-state index < -0.39 is 0 Å². The molecule has 0 spiro atoms. The number of nitrogens with zero attached hydrogens (tertiary/aromatic N) is 2. The predicted octanol–water partition coefficient (Wildman–Crippen LogP) is 4.97. The molecule has 206 valence electrons. The maximum atomic E-state index is 13.4. The van der Waals surface area contributed by atoms with Gasteiger partial charge in [0.15, 0.2) is 5.82 Å². The van der Waals surface area contributed by atoms with Crippen LogP contribution in [-0.4, -0.2) is 60.5 Å². The van der Waals surface area contributed by atoms with Gasteiger partial charge in [-0.3, -0.25) is 14.4 Å². The molecular weight excluding hydrogens is 526 g/mol. The molecule has 4 aromatic rings. The number of likely N-dealkylation sites (tertiary alicyclic amines) is 1. The zero-order valence-corrected chi connectivity index (χ0v) is 23.2. The topological polar surface area (TPSA) is 113 Å². The van der Waals surface area contributed by atoms with Gasteiger partial charge in [-0.05, 0) is 43.5 Å². The van der Waals surface area contributed by atoms with Crippen LogP contribution in [-0.2, 0) is 9.53 Å². The first kappa shape index (κ1) is 27.3. The standard InChI is InChI=1S/C30H31N5O4S/c1-19-7-3-5-9-24(19)33-28-25(34-30(38)23-18-40-26-10-6-4-8-22(23)26)15-20(16-31-28)29(37)32-21-11-13-35(14-12-21)27(36)17-39-2/h3-10,15-16,18,21H,11-14,17H2,1-2H3,(H,31,33)(H,32,37)(H,34,38). The number of benzene rings is 2. The first-order valence-corrected chi connectivity index (χ1v) is 14.0. The largest absolute Gasteiger partial charge is 0.375 e. The van der Waals surface area contributed by atoms with Crippen molar-refractivity contribution < 1.29 is 19.1 Å². The molecule has 5 rings (SSSR count). The number of para-hydroxylation sites is 1. The monoisotopic (exact) mass is 557 g/mol. The highest BCUT2D eigenvalue weighted by Gasteiger charge is 2.25. The predicted molar refractivity (Wildman–Crippen MR) is 157 cm³/mol. The lowest BCUT2D eigenvalue weighted by Gasteiger charge is -2.32. The summed E-state index contributed by atoms with van der Waals surface area (Å²) in [6.45, 7) is 3.15. The van der Waals surface area contributed by atoms with Crippen molar-refractivity contribution in [1.82, 2.24) is 15.2 Å². The van der Waals surface area contributed by atoms with Crippen molar-refractivity contribution in [2.75, 3.05) is 37.4 Å². The summed E-state index contributed by atoms with van der Waals surface area (Å²) in [4.78, 5) is 45.0. The highest BCUT2D eigenvalue weighted by atomic mass is 32.1. The molecule has 0 radical (unpaired) electrons. The molecule has 2 aromatic carbocycles. The number of carbonyl (C=O) groups is 3. The van der Waals surface area contributed by atoms with Crippen molar-refractivity contribution in [2.24, 2.45) is 0 Å². The number of ether oxygens (including phenoxy) is 1. The van der Waals surface area contributed by atoms with Crippen molar-refractivity contribution in [3.8, 4) is 0 Å². The van der Waals surface area contributed by atoms with E-state index in [1.807, 2.05) is 60.8 Å². The Balaban J connectivity index is 1.36. The number of anilines is 3. The lowest BCUT2D eigenvalue weighted by atomic mass is 10.0. The maximum Gasteiger partial charge on any atom is 0.257 e. The van der Waals surface area contributed by atoms with Gasteiger partial charge in [-0.15, -0.1) is 11.3 Å². The van der Waals surface area contributed by atoms with E-state index in [0.717, 1.165) is 21.3 Å². The van der Waals surface area contributed by atoms with Gasteiger partial charge in [-0.25, -0.2) is 4.98 Å². The first-order valence-electron chi connectivity index (χ1n) is 13.1. The zero-order chi connectivity index (χ0) is 28.1. The smallest absolute Gasteiger partial charge is 0.257 e. The number of nitrogens with one attached hydrogen (secondary N) is 3. The Hall–Kier alpha value is -4.28. The average molecular weight is 558 g/mol. The van der Waals surface area contributed by atoms with Crippen molar-refractivity contribution in [2.45, 2.75) is 25.8 Å². The minimum atomic E-state index is -0.284. The summed E-state index contributed by atoms with van der Waals surface area (Å²) in [6, 6.07) is 17.1. The third kappa shape index (κ3) is 6.13. The lowest BCUT2D eigenvalue weighted by Crippen LogP contribution is -2.47. The number of pyridine rings is 1. The van der Waals surface area contributed by atoms with E-state index >= 15 is 0 Å². The average Bonchev–Trinajstić information content (AvgIpc) is 3.40. The van der Waals surface area contributed by atoms with Gasteiger partial charge < -0.3 is 25.6 Å². The van der Waals surface area contributed by atoms with Crippen LogP contribution in [0.25, 0.3) is 10.1 Å². The number of rotatable bonds is 8. The molecular formula is C30H31N5O4S. The molecule has 0 aliphatic carbocycles. The second kappa shape index (κ2) is 12.3. The summed E-state index contributed by atoms with van der Waals surface area (Å²) in [5, 5.41) is 12.0. The van der Waals surface area contributed by atoms with Crippen molar-refractivity contribution in [3.63, 3.8) is 0 Å². The molecule has 10 heteroatoms. The van der Waals surface area contributed by atoms with Crippen molar-refractivity contribution in [3.05, 3.63) is 82.9 Å². The van der Waals surface area contributed by atoms with Crippen LogP contribution >= 0.6 is 11.3 Å². The van der Waals surface area contributed by atoms with Crippen molar-refractivity contribution in [1.29, 1.82) is 0 Å². The molecule has 0 saturated carbocycles. The zero-order valence-electron chi connectivity index (χ0n) is 22.4. The SMILES string of the molecule is COCC(=O)N1CCC(NC(=O)c2cnc(Nc3ccccc3C)c(NC(=O)c3csc4ccccc34)c2)CC1. The van der Waals surface area contributed by atoms with Gasteiger partial charge >= 0.3 is 0 Å². The Morgan fingerprint density at radius 2 is 1.77 bits per heavy atom. The second-order valence-electron chi connectivity index (χ2n) is 9.72. The Morgan fingerprint density at radius 1 is 1.02 bits per heavy atom. The molecule has 0 atom stereocenters. The van der Waals surface area contributed by atoms with E-state index in [1.54, 1.807) is 11.0 Å². The Bertz CT molecular complexity index is 1540. The van der Waals surface area contributed by atoms with E-state index in [9.17, 15) is 14.4 Å². The first-order chi connectivity index (χ1) is 19.4. The second-order valence-corrected chi connectivity index (χ2v) is 10.6. The van der Waals surface area contributed by atoms with Gasteiger partial charge in [-0.2, -0.15) is 0 Å². The molecule has 1 aliphatic heterocycles. The van der Waals surface area contributed by atoms with E-state index in [0.29, 0.717) is 48.6 Å². The third-order valence-electron chi connectivity index (χ3n) is 6.97. The van der Waals surface area contributed by atoms with Crippen LogP contribution in [0.2, 0.25) is 0 Å². The van der Waals surface area contributed by atoms with E-state index in [-0.39, 0.29) is 30.4 Å². The van der Waals surface area contributed by atoms with Crippen LogP contribution in [0.5, 0.6) is 0 Å². The van der Waals surface area contributed by atoms with Gasteiger partial charge in [0.1, 0.15) is 6.61 Å². The number of aromatic nitrogens is 1. The van der Waals surface area contributed by atoms with Gasteiger partial charge in [0.25, 0.3) is 11.8 Å². The summed E-state index contributed by atoms with van der Waals surface area (Å²) in [7, 11) is 1.50. The molecule has 0 bridgehead atoms. The summed E-state index contributed by atoms with van der Waals surface area (Å²) < 4.78 is 5.96. The number of methoxy groups -OCH3 is 1. The third-order valence-corrected chi connectivity index (χ3v) is 7.94. The molecule has 3 amide bonds. The number of fused-ring (bicyclic) bond motifs is 1. The molecule has 3 N–H and O–H groups in total. The number of amides is 3. The highest BCUT2D eigenvalue weighted by Crippen LogP contribution is 2.30. The fourth-order valence-electron chi connectivity index (χ4n) is 4.72. The van der Waals surface area contributed by atoms with E-state index in [4.69, 9.17) is 4.74 Å². The van der Waals surface area contributed by atoms with Crippen LogP contribution in [0.1, 0.15) is 39.1 Å². The Labute approximate surface area is 236 Å². The van der Waals surface area contributed by atoms with Crippen LogP contribution in [0.3, 0.4) is 0 Å².